The van der Waals surface area contributed by atoms with Crippen LogP contribution in [-0.2, 0) is 15.8 Å². The van der Waals surface area contributed by atoms with Crippen LogP contribution in [0.1, 0.15) is 24.1 Å². The van der Waals surface area contributed by atoms with Crippen LogP contribution < -0.4 is 16.0 Å². The Balaban J connectivity index is 1.89. The number of carbonyl (C=O) groups is 2. The van der Waals surface area contributed by atoms with E-state index in [2.05, 4.69) is 16.0 Å². The molecule has 1 atom stereocenters. The lowest BCUT2D eigenvalue weighted by Crippen LogP contribution is -2.27. The minimum atomic E-state index is -4.55. The number of halogens is 4. The van der Waals surface area contributed by atoms with Crippen LogP contribution in [0.2, 0.25) is 0 Å². The Morgan fingerprint density at radius 1 is 0.844 bits per heavy atom. The standard InChI is InChI=1S/C23H19F4N3O2/c1-14(31)28-20-13-18(10-11-19(20)24)29-21(15-6-3-2-4-7-15)22(32)30-17-9-5-8-16(12-17)23(25,26)27/h2-13,21,29H,1H3,(H,28,31)(H,30,32)/t21-/m1/s1. The fourth-order valence-electron chi connectivity index (χ4n) is 3.00. The van der Waals surface area contributed by atoms with Crippen LogP contribution in [0.15, 0.2) is 72.8 Å². The van der Waals surface area contributed by atoms with E-state index in [0.29, 0.717) is 11.3 Å². The molecule has 0 spiro atoms. The fourth-order valence-corrected chi connectivity index (χ4v) is 3.00. The lowest BCUT2D eigenvalue weighted by Gasteiger charge is -2.21. The van der Waals surface area contributed by atoms with Gasteiger partial charge in [-0.1, -0.05) is 36.4 Å². The quantitative estimate of drug-likeness (QED) is 0.433. The summed E-state index contributed by atoms with van der Waals surface area (Å²) < 4.78 is 52.9. The number of rotatable bonds is 6. The molecular formula is C23H19F4N3O2. The Bertz CT molecular complexity index is 1120. The maximum atomic E-state index is 14.0. The van der Waals surface area contributed by atoms with Crippen LogP contribution in [0.25, 0.3) is 0 Å². The largest absolute Gasteiger partial charge is 0.416 e. The van der Waals surface area contributed by atoms with E-state index in [-0.39, 0.29) is 11.4 Å². The van der Waals surface area contributed by atoms with Crippen molar-refractivity contribution in [2.45, 2.75) is 19.1 Å². The van der Waals surface area contributed by atoms with Gasteiger partial charge in [0, 0.05) is 18.3 Å². The first kappa shape index (κ1) is 22.8. The molecule has 5 nitrogen and oxygen atoms in total. The number of hydrogen-bond acceptors (Lipinski definition) is 3. The SMILES string of the molecule is CC(=O)Nc1cc(N[C@@H](C(=O)Nc2cccc(C(F)(F)F)c2)c2ccccc2)ccc1F. The normalized spacial score (nSPS) is 12.0. The first-order valence-corrected chi connectivity index (χ1v) is 9.50. The molecule has 3 rings (SSSR count). The van der Waals surface area contributed by atoms with Gasteiger partial charge in [-0.2, -0.15) is 13.2 Å². The van der Waals surface area contributed by atoms with Crippen molar-refractivity contribution in [3.63, 3.8) is 0 Å². The Kier molecular flexibility index (Phi) is 6.77. The first-order chi connectivity index (χ1) is 15.1. The van der Waals surface area contributed by atoms with E-state index >= 15 is 0 Å². The first-order valence-electron chi connectivity index (χ1n) is 9.50. The Hall–Kier alpha value is -3.88. The van der Waals surface area contributed by atoms with Crippen molar-refractivity contribution in [3.05, 3.63) is 89.7 Å². The number of benzene rings is 3. The third-order valence-corrected chi connectivity index (χ3v) is 4.44. The third-order valence-electron chi connectivity index (χ3n) is 4.44. The zero-order valence-corrected chi connectivity index (χ0v) is 16.8. The van der Waals surface area contributed by atoms with Crippen molar-refractivity contribution in [2.24, 2.45) is 0 Å². The smallest absolute Gasteiger partial charge is 0.370 e. The average Bonchev–Trinajstić information content (AvgIpc) is 2.74. The second-order valence-electron chi connectivity index (χ2n) is 6.93. The molecule has 0 aromatic heterocycles. The molecule has 0 radical (unpaired) electrons. The van der Waals surface area contributed by atoms with Gasteiger partial charge in [0.05, 0.1) is 11.3 Å². The molecule has 0 aliphatic heterocycles. The summed E-state index contributed by atoms with van der Waals surface area (Å²) >= 11 is 0. The van der Waals surface area contributed by atoms with E-state index in [0.717, 1.165) is 18.2 Å². The van der Waals surface area contributed by atoms with Gasteiger partial charge >= 0.3 is 6.18 Å². The molecule has 0 heterocycles. The Morgan fingerprint density at radius 2 is 1.56 bits per heavy atom. The van der Waals surface area contributed by atoms with Gasteiger partial charge in [0.2, 0.25) is 5.91 Å². The summed E-state index contributed by atoms with van der Waals surface area (Å²) in [7, 11) is 0. The summed E-state index contributed by atoms with van der Waals surface area (Å²) in [5.74, 6) is -1.75. The summed E-state index contributed by atoms with van der Waals surface area (Å²) in [6.45, 7) is 1.23. The van der Waals surface area contributed by atoms with E-state index in [1.807, 2.05) is 0 Å². The van der Waals surface area contributed by atoms with E-state index < -0.39 is 35.4 Å². The number of nitrogens with one attached hydrogen (secondary N) is 3. The molecule has 0 bridgehead atoms. The topological polar surface area (TPSA) is 70.2 Å². The predicted molar refractivity (Wildman–Crippen MR) is 114 cm³/mol. The van der Waals surface area contributed by atoms with Gasteiger partial charge < -0.3 is 16.0 Å². The number of hydrogen-bond donors (Lipinski definition) is 3. The van der Waals surface area contributed by atoms with Gasteiger partial charge in [0.15, 0.2) is 0 Å². The molecule has 3 N–H and O–H groups in total. The van der Waals surface area contributed by atoms with Crippen LogP contribution >= 0.6 is 0 Å². The molecule has 166 valence electrons. The Morgan fingerprint density at radius 3 is 2.22 bits per heavy atom. The summed E-state index contributed by atoms with van der Waals surface area (Å²) in [5.41, 5.74) is -0.137. The number of amides is 2. The number of carbonyl (C=O) groups excluding carboxylic acids is 2. The summed E-state index contributed by atoms with van der Waals surface area (Å²) in [5, 5.41) is 7.79. The molecular weight excluding hydrogens is 426 g/mol. The lowest BCUT2D eigenvalue weighted by atomic mass is 10.1. The molecule has 0 unspecified atom stereocenters. The van der Waals surface area contributed by atoms with Crippen molar-refractivity contribution in [1.82, 2.24) is 0 Å². The lowest BCUT2D eigenvalue weighted by molar-refractivity contribution is -0.137. The molecule has 3 aromatic rings. The van der Waals surface area contributed by atoms with Gasteiger partial charge in [-0.05, 0) is 42.0 Å². The van der Waals surface area contributed by atoms with Crippen molar-refractivity contribution >= 4 is 28.9 Å². The molecule has 0 saturated heterocycles. The van der Waals surface area contributed by atoms with Crippen LogP contribution in [0, 0.1) is 5.82 Å². The highest BCUT2D eigenvalue weighted by Gasteiger charge is 2.31. The highest BCUT2D eigenvalue weighted by Crippen LogP contribution is 2.31. The van der Waals surface area contributed by atoms with Crippen molar-refractivity contribution < 1.29 is 27.2 Å². The van der Waals surface area contributed by atoms with E-state index in [1.54, 1.807) is 30.3 Å². The molecule has 0 fully saturated rings. The van der Waals surface area contributed by atoms with E-state index in [9.17, 15) is 27.2 Å². The molecule has 9 heteroatoms. The van der Waals surface area contributed by atoms with Gasteiger partial charge in [-0.25, -0.2) is 4.39 Å². The average molecular weight is 445 g/mol. The maximum Gasteiger partial charge on any atom is 0.416 e. The second-order valence-corrected chi connectivity index (χ2v) is 6.93. The number of alkyl halides is 3. The van der Waals surface area contributed by atoms with Crippen molar-refractivity contribution in [1.29, 1.82) is 0 Å². The minimum Gasteiger partial charge on any atom is -0.370 e. The molecule has 0 aliphatic rings. The monoisotopic (exact) mass is 445 g/mol. The zero-order valence-electron chi connectivity index (χ0n) is 16.8. The molecule has 2 amide bonds. The van der Waals surface area contributed by atoms with Crippen LogP contribution in [0.3, 0.4) is 0 Å². The summed E-state index contributed by atoms with van der Waals surface area (Å²) in [6.07, 6.45) is -4.55. The zero-order chi connectivity index (χ0) is 23.3. The van der Waals surface area contributed by atoms with Gasteiger partial charge in [0.1, 0.15) is 11.9 Å². The highest BCUT2D eigenvalue weighted by atomic mass is 19.4. The molecule has 3 aromatic carbocycles. The molecule has 0 aliphatic carbocycles. The van der Waals surface area contributed by atoms with Gasteiger partial charge in [-0.3, -0.25) is 9.59 Å². The Labute approximate surface area is 181 Å². The van der Waals surface area contributed by atoms with E-state index in [1.165, 1.54) is 31.2 Å². The van der Waals surface area contributed by atoms with Crippen molar-refractivity contribution in [2.75, 3.05) is 16.0 Å². The van der Waals surface area contributed by atoms with Crippen LogP contribution in [0.4, 0.5) is 34.6 Å². The van der Waals surface area contributed by atoms with Gasteiger partial charge in [0.25, 0.3) is 5.91 Å². The minimum absolute atomic E-state index is 0.0226. The molecule has 32 heavy (non-hydrogen) atoms. The molecule has 0 saturated carbocycles. The predicted octanol–water partition coefficient (Wildman–Crippen LogP) is 5.59. The maximum absolute atomic E-state index is 14.0. The summed E-state index contributed by atoms with van der Waals surface area (Å²) in [4.78, 5) is 24.3. The number of anilines is 3. The van der Waals surface area contributed by atoms with Crippen LogP contribution in [-0.4, -0.2) is 11.8 Å². The second kappa shape index (κ2) is 9.51. The van der Waals surface area contributed by atoms with Gasteiger partial charge in [-0.15, -0.1) is 0 Å². The summed E-state index contributed by atoms with van der Waals surface area (Å²) in [6, 6.07) is 15.6. The van der Waals surface area contributed by atoms with Crippen molar-refractivity contribution in [3.8, 4) is 0 Å². The van der Waals surface area contributed by atoms with E-state index in [4.69, 9.17) is 0 Å². The fraction of sp³-hybridized carbons (Fsp3) is 0.130. The van der Waals surface area contributed by atoms with Crippen LogP contribution in [0.5, 0.6) is 0 Å². The highest BCUT2D eigenvalue weighted by molar-refractivity contribution is 5.97. The third kappa shape index (κ3) is 5.84.